The molecule has 1 fully saturated rings. The molecule has 1 aromatic carbocycles. The molecule has 1 heterocycles. The van der Waals surface area contributed by atoms with Gasteiger partial charge in [0.05, 0.1) is 17.0 Å². The molecule has 2 unspecified atom stereocenters. The van der Waals surface area contributed by atoms with Gasteiger partial charge in [0, 0.05) is 25.9 Å². The molecule has 1 aromatic heterocycles. The zero-order valence-corrected chi connectivity index (χ0v) is 14.8. The zero-order chi connectivity index (χ0) is 17.1. The van der Waals surface area contributed by atoms with E-state index in [2.05, 4.69) is 11.5 Å². The van der Waals surface area contributed by atoms with Gasteiger partial charge < -0.3 is 15.0 Å². The van der Waals surface area contributed by atoms with Crippen molar-refractivity contribution in [3.63, 3.8) is 0 Å². The van der Waals surface area contributed by atoms with Crippen LogP contribution in [0.25, 0.3) is 10.4 Å². The van der Waals surface area contributed by atoms with Crippen molar-refractivity contribution in [2.24, 2.45) is 12.0 Å². The van der Waals surface area contributed by atoms with Crippen LogP contribution in [-0.2, 0) is 11.8 Å². The largest absolute Gasteiger partial charge is 0.393 e. The SMILES string of the molecule is CC(=O)Nc1ccc(-c2cn(C)/c(=N/C3CCCC(O)C3)s2)cc1. The van der Waals surface area contributed by atoms with Crippen LogP contribution in [0.4, 0.5) is 5.69 Å². The summed E-state index contributed by atoms with van der Waals surface area (Å²) in [5.74, 6) is -0.0685. The second-order valence-corrected chi connectivity index (χ2v) is 7.36. The molecule has 128 valence electrons. The first-order chi connectivity index (χ1) is 11.5. The number of hydrogen-bond acceptors (Lipinski definition) is 4. The lowest BCUT2D eigenvalue weighted by molar-refractivity contribution is -0.114. The minimum absolute atomic E-state index is 0.0685. The Labute approximate surface area is 145 Å². The fourth-order valence-electron chi connectivity index (χ4n) is 3.01. The normalized spacial score (nSPS) is 21.7. The Kier molecular flexibility index (Phi) is 5.16. The van der Waals surface area contributed by atoms with Crippen molar-refractivity contribution in [2.75, 3.05) is 5.32 Å². The number of aromatic nitrogens is 1. The summed E-state index contributed by atoms with van der Waals surface area (Å²) < 4.78 is 2.04. The number of thiazole rings is 1. The fourth-order valence-corrected chi connectivity index (χ4v) is 4.07. The minimum Gasteiger partial charge on any atom is -0.393 e. The molecule has 2 atom stereocenters. The van der Waals surface area contributed by atoms with Crippen LogP contribution in [0.3, 0.4) is 0 Å². The van der Waals surface area contributed by atoms with Crippen LogP contribution in [0, 0.1) is 0 Å². The van der Waals surface area contributed by atoms with E-state index in [1.165, 1.54) is 6.92 Å². The van der Waals surface area contributed by atoms with E-state index < -0.39 is 0 Å². The quantitative estimate of drug-likeness (QED) is 0.898. The number of aryl methyl sites for hydroxylation is 1. The number of nitrogens with one attached hydrogen (secondary N) is 1. The maximum absolute atomic E-state index is 11.1. The molecule has 3 rings (SSSR count). The van der Waals surface area contributed by atoms with Gasteiger partial charge in [0.25, 0.3) is 0 Å². The van der Waals surface area contributed by atoms with Gasteiger partial charge in [-0.25, -0.2) is 0 Å². The lowest BCUT2D eigenvalue weighted by Crippen LogP contribution is -2.25. The van der Waals surface area contributed by atoms with Crippen molar-refractivity contribution in [3.8, 4) is 10.4 Å². The third-order valence-electron chi connectivity index (χ3n) is 4.22. The molecule has 1 saturated carbocycles. The first-order valence-electron chi connectivity index (χ1n) is 8.27. The Hall–Kier alpha value is -1.92. The second kappa shape index (κ2) is 7.32. The van der Waals surface area contributed by atoms with E-state index in [9.17, 15) is 9.90 Å². The van der Waals surface area contributed by atoms with Crippen LogP contribution < -0.4 is 10.1 Å². The van der Waals surface area contributed by atoms with Crippen molar-refractivity contribution in [3.05, 3.63) is 35.3 Å². The highest BCUT2D eigenvalue weighted by atomic mass is 32.1. The summed E-state index contributed by atoms with van der Waals surface area (Å²) in [6.07, 6.45) is 5.62. The highest BCUT2D eigenvalue weighted by Gasteiger charge is 2.19. The Bertz CT molecular complexity index is 776. The first-order valence-corrected chi connectivity index (χ1v) is 9.09. The number of nitrogens with zero attached hydrogens (tertiary/aromatic N) is 2. The highest BCUT2D eigenvalue weighted by Crippen LogP contribution is 2.25. The van der Waals surface area contributed by atoms with Gasteiger partial charge in [-0.3, -0.25) is 9.79 Å². The standard InChI is InChI=1S/C18H23N3O2S/c1-12(22)19-14-8-6-13(7-9-14)17-11-21(2)18(24-17)20-15-4-3-5-16(23)10-15/h6-9,11,15-16,23H,3-5,10H2,1-2H3,(H,19,22)/b20-18-. The van der Waals surface area contributed by atoms with Crippen molar-refractivity contribution in [1.82, 2.24) is 4.57 Å². The molecule has 2 N–H and O–H groups in total. The monoisotopic (exact) mass is 345 g/mol. The molecule has 0 saturated heterocycles. The Morgan fingerprint density at radius 3 is 2.75 bits per heavy atom. The van der Waals surface area contributed by atoms with Crippen molar-refractivity contribution < 1.29 is 9.90 Å². The minimum atomic E-state index is -0.210. The van der Waals surface area contributed by atoms with Crippen LogP contribution in [-0.4, -0.2) is 27.7 Å². The van der Waals surface area contributed by atoms with Gasteiger partial charge in [-0.2, -0.15) is 0 Å². The molecule has 24 heavy (non-hydrogen) atoms. The molecular formula is C18H23N3O2S. The van der Waals surface area contributed by atoms with E-state index in [0.29, 0.717) is 0 Å². The number of anilines is 1. The zero-order valence-electron chi connectivity index (χ0n) is 14.0. The molecule has 0 aliphatic heterocycles. The average Bonchev–Trinajstić information content (AvgIpc) is 2.88. The molecule has 6 heteroatoms. The summed E-state index contributed by atoms with van der Waals surface area (Å²) >= 11 is 1.65. The summed E-state index contributed by atoms with van der Waals surface area (Å²) in [5, 5.41) is 12.6. The molecule has 1 aliphatic carbocycles. The van der Waals surface area contributed by atoms with Gasteiger partial charge in [-0.1, -0.05) is 23.5 Å². The van der Waals surface area contributed by atoms with Crippen LogP contribution in [0.1, 0.15) is 32.6 Å². The number of rotatable bonds is 3. The van der Waals surface area contributed by atoms with E-state index in [4.69, 9.17) is 4.99 Å². The molecule has 0 radical (unpaired) electrons. The number of amides is 1. The van der Waals surface area contributed by atoms with Gasteiger partial charge in [0.15, 0.2) is 4.80 Å². The molecule has 0 bridgehead atoms. The Balaban J connectivity index is 1.81. The molecule has 1 amide bonds. The van der Waals surface area contributed by atoms with E-state index in [-0.39, 0.29) is 18.1 Å². The van der Waals surface area contributed by atoms with E-state index in [1.54, 1.807) is 11.3 Å². The average molecular weight is 345 g/mol. The summed E-state index contributed by atoms with van der Waals surface area (Å²) in [5.41, 5.74) is 1.91. The number of carbonyl (C=O) groups excluding carboxylic acids is 1. The summed E-state index contributed by atoms with van der Waals surface area (Å²) in [4.78, 5) is 18.0. The Morgan fingerprint density at radius 1 is 1.33 bits per heavy atom. The summed E-state index contributed by atoms with van der Waals surface area (Å²) in [7, 11) is 2.00. The third kappa shape index (κ3) is 4.13. The van der Waals surface area contributed by atoms with E-state index in [0.717, 1.165) is 46.6 Å². The molecular weight excluding hydrogens is 322 g/mol. The van der Waals surface area contributed by atoms with Crippen molar-refractivity contribution in [1.29, 1.82) is 0 Å². The number of hydrogen-bond donors (Lipinski definition) is 2. The number of aliphatic hydroxyl groups is 1. The van der Waals surface area contributed by atoms with Crippen LogP contribution >= 0.6 is 11.3 Å². The van der Waals surface area contributed by atoms with Crippen molar-refractivity contribution in [2.45, 2.75) is 44.8 Å². The Morgan fingerprint density at radius 2 is 2.08 bits per heavy atom. The van der Waals surface area contributed by atoms with Crippen molar-refractivity contribution >= 4 is 22.9 Å². The number of aliphatic hydroxyl groups excluding tert-OH is 1. The topological polar surface area (TPSA) is 66.6 Å². The maximum atomic E-state index is 11.1. The lowest BCUT2D eigenvalue weighted by Gasteiger charge is -2.22. The van der Waals surface area contributed by atoms with Gasteiger partial charge in [-0.15, -0.1) is 0 Å². The lowest BCUT2D eigenvalue weighted by atomic mass is 9.94. The van der Waals surface area contributed by atoms with E-state index in [1.807, 2.05) is 35.9 Å². The highest BCUT2D eigenvalue weighted by molar-refractivity contribution is 7.12. The van der Waals surface area contributed by atoms with E-state index >= 15 is 0 Å². The van der Waals surface area contributed by atoms with Gasteiger partial charge >= 0.3 is 0 Å². The molecule has 2 aromatic rings. The third-order valence-corrected chi connectivity index (χ3v) is 5.35. The summed E-state index contributed by atoms with van der Waals surface area (Å²) in [6, 6.07) is 8.04. The van der Waals surface area contributed by atoms with Crippen LogP contribution in [0.15, 0.2) is 35.5 Å². The van der Waals surface area contributed by atoms with Crippen LogP contribution in [0.2, 0.25) is 0 Å². The smallest absolute Gasteiger partial charge is 0.221 e. The maximum Gasteiger partial charge on any atom is 0.221 e. The number of carbonyl (C=O) groups is 1. The predicted molar refractivity (Wildman–Crippen MR) is 96.9 cm³/mol. The van der Waals surface area contributed by atoms with Gasteiger partial charge in [-0.05, 0) is 43.4 Å². The second-order valence-electron chi connectivity index (χ2n) is 6.35. The van der Waals surface area contributed by atoms with Gasteiger partial charge in [0.2, 0.25) is 5.91 Å². The first kappa shape index (κ1) is 16.9. The predicted octanol–water partition coefficient (Wildman–Crippen LogP) is 2.92. The molecule has 1 aliphatic rings. The molecule has 5 nitrogen and oxygen atoms in total. The fraction of sp³-hybridized carbons (Fsp3) is 0.444. The molecule has 0 spiro atoms. The van der Waals surface area contributed by atoms with Crippen LogP contribution in [0.5, 0.6) is 0 Å². The summed E-state index contributed by atoms with van der Waals surface area (Å²) in [6.45, 7) is 1.50. The number of benzene rings is 1. The van der Waals surface area contributed by atoms with Gasteiger partial charge in [0.1, 0.15) is 0 Å².